The number of benzene rings is 1. The lowest BCUT2D eigenvalue weighted by Crippen LogP contribution is -2.33. The first-order chi connectivity index (χ1) is 8.63. The molecule has 1 N–H and O–H groups in total. The highest BCUT2D eigenvalue weighted by atomic mass is 79.9. The Bertz CT molecular complexity index is 391. The molecule has 0 unspecified atom stereocenters. The fraction of sp³-hybridized carbons (Fsp3) is 0.462. The molecular formula is C13H20BrClN2O2. The number of nitrogens with zero attached hydrogens (tertiary/aromatic N) is 1. The molecule has 6 heteroatoms. The summed E-state index contributed by atoms with van der Waals surface area (Å²) in [5.41, 5.74) is 0. The number of rotatable bonds is 7. The van der Waals surface area contributed by atoms with Crippen molar-refractivity contribution in [3.8, 4) is 5.75 Å². The quantitative estimate of drug-likeness (QED) is 0.820. The maximum absolute atomic E-state index is 11.7. The molecule has 0 spiro atoms. The molecule has 19 heavy (non-hydrogen) atoms. The van der Waals surface area contributed by atoms with E-state index in [0.717, 1.165) is 16.8 Å². The Morgan fingerprint density at radius 1 is 1.47 bits per heavy atom. The minimum absolute atomic E-state index is 0. The van der Waals surface area contributed by atoms with Gasteiger partial charge in [0.15, 0.2) is 0 Å². The van der Waals surface area contributed by atoms with Gasteiger partial charge in [0, 0.05) is 24.6 Å². The summed E-state index contributed by atoms with van der Waals surface area (Å²) in [6, 6.07) is 7.60. The number of carbonyl (C=O) groups is 1. The maximum atomic E-state index is 11.7. The third-order valence-electron chi connectivity index (χ3n) is 2.50. The van der Waals surface area contributed by atoms with Crippen LogP contribution in [0.4, 0.5) is 0 Å². The largest absolute Gasteiger partial charge is 0.493 e. The molecule has 1 amide bonds. The van der Waals surface area contributed by atoms with E-state index < -0.39 is 0 Å². The average Bonchev–Trinajstić information content (AvgIpc) is 2.35. The van der Waals surface area contributed by atoms with E-state index in [2.05, 4.69) is 21.2 Å². The van der Waals surface area contributed by atoms with Crippen LogP contribution in [0.5, 0.6) is 5.75 Å². The first kappa shape index (κ1) is 18.2. The summed E-state index contributed by atoms with van der Waals surface area (Å²) in [5.74, 6) is 0.871. The Morgan fingerprint density at radius 3 is 2.84 bits per heavy atom. The molecule has 0 aromatic heterocycles. The second kappa shape index (κ2) is 10.1. The van der Waals surface area contributed by atoms with Crippen LogP contribution in [-0.2, 0) is 4.79 Å². The second-order valence-electron chi connectivity index (χ2n) is 3.97. The molecule has 1 rings (SSSR count). The summed E-state index contributed by atoms with van der Waals surface area (Å²) >= 11 is 3.37. The summed E-state index contributed by atoms with van der Waals surface area (Å²) in [4.78, 5) is 13.4. The van der Waals surface area contributed by atoms with E-state index in [9.17, 15) is 4.79 Å². The fourth-order valence-electron chi connectivity index (χ4n) is 1.41. The molecule has 4 nitrogen and oxygen atoms in total. The van der Waals surface area contributed by atoms with Gasteiger partial charge in [-0.25, -0.2) is 0 Å². The lowest BCUT2D eigenvalue weighted by Gasteiger charge is -2.17. The van der Waals surface area contributed by atoms with Crippen LogP contribution < -0.4 is 10.1 Å². The van der Waals surface area contributed by atoms with Gasteiger partial charge in [-0.05, 0) is 25.2 Å². The molecule has 0 fully saturated rings. The van der Waals surface area contributed by atoms with Gasteiger partial charge in [-0.3, -0.25) is 4.79 Å². The van der Waals surface area contributed by atoms with E-state index in [1.807, 2.05) is 31.3 Å². The minimum Gasteiger partial charge on any atom is -0.493 e. The van der Waals surface area contributed by atoms with Crippen molar-refractivity contribution in [2.45, 2.75) is 6.42 Å². The van der Waals surface area contributed by atoms with Gasteiger partial charge in [0.2, 0.25) is 5.91 Å². The number of hydrogen-bond donors (Lipinski definition) is 1. The summed E-state index contributed by atoms with van der Waals surface area (Å²) < 4.78 is 6.49. The van der Waals surface area contributed by atoms with Crippen molar-refractivity contribution in [1.82, 2.24) is 10.2 Å². The lowest BCUT2D eigenvalue weighted by molar-refractivity contribution is -0.130. The van der Waals surface area contributed by atoms with Crippen molar-refractivity contribution in [2.24, 2.45) is 0 Å². The molecule has 0 aliphatic heterocycles. The third kappa shape index (κ3) is 7.40. The van der Waals surface area contributed by atoms with Gasteiger partial charge in [0.05, 0.1) is 13.0 Å². The molecule has 108 valence electrons. The van der Waals surface area contributed by atoms with Crippen molar-refractivity contribution in [2.75, 3.05) is 33.8 Å². The van der Waals surface area contributed by atoms with Crippen molar-refractivity contribution in [3.05, 3.63) is 28.7 Å². The van der Waals surface area contributed by atoms with Crippen molar-refractivity contribution in [1.29, 1.82) is 0 Å². The Labute approximate surface area is 129 Å². The van der Waals surface area contributed by atoms with Crippen LogP contribution in [0, 0.1) is 0 Å². The highest BCUT2D eigenvalue weighted by Gasteiger charge is 2.07. The van der Waals surface area contributed by atoms with Crippen LogP contribution >= 0.6 is 28.3 Å². The van der Waals surface area contributed by atoms with Crippen LogP contribution in [0.3, 0.4) is 0 Å². The smallest absolute Gasteiger partial charge is 0.225 e. The molecular weight excluding hydrogens is 332 g/mol. The van der Waals surface area contributed by atoms with E-state index >= 15 is 0 Å². The molecule has 1 aromatic rings. The van der Waals surface area contributed by atoms with Gasteiger partial charge in [-0.15, -0.1) is 12.4 Å². The van der Waals surface area contributed by atoms with Crippen LogP contribution in [0.15, 0.2) is 28.7 Å². The fourth-order valence-corrected chi connectivity index (χ4v) is 1.79. The number of halogens is 2. The average molecular weight is 352 g/mol. The summed E-state index contributed by atoms with van der Waals surface area (Å²) in [6.07, 6.45) is 0.396. The third-order valence-corrected chi connectivity index (χ3v) is 3.00. The molecule has 0 aliphatic carbocycles. The zero-order valence-electron chi connectivity index (χ0n) is 11.2. The van der Waals surface area contributed by atoms with Gasteiger partial charge in [-0.1, -0.05) is 22.0 Å². The van der Waals surface area contributed by atoms with E-state index in [-0.39, 0.29) is 18.3 Å². The summed E-state index contributed by atoms with van der Waals surface area (Å²) in [7, 11) is 3.67. The van der Waals surface area contributed by atoms with Crippen LogP contribution in [0.2, 0.25) is 0 Å². The monoisotopic (exact) mass is 350 g/mol. The summed E-state index contributed by atoms with van der Waals surface area (Å²) in [5, 5.41) is 3.01. The predicted octanol–water partition coefficient (Wildman–Crippen LogP) is 2.32. The van der Waals surface area contributed by atoms with Gasteiger partial charge in [-0.2, -0.15) is 0 Å². The highest BCUT2D eigenvalue weighted by molar-refractivity contribution is 9.10. The zero-order valence-corrected chi connectivity index (χ0v) is 13.6. The molecule has 0 saturated carbocycles. The van der Waals surface area contributed by atoms with Gasteiger partial charge in [0.1, 0.15) is 5.75 Å². The van der Waals surface area contributed by atoms with Crippen LogP contribution in [0.25, 0.3) is 0 Å². The summed E-state index contributed by atoms with van der Waals surface area (Å²) in [6.45, 7) is 1.92. The SMILES string of the molecule is CNCCN(C)C(=O)CCOc1cccc(Br)c1.Cl. The van der Waals surface area contributed by atoms with E-state index in [1.54, 1.807) is 11.9 Å². The number of amides is 1. The molecule has 0 bridgehead atoms. The number of nitrogens with one attached hydrogen (secondary N) is 1. The zero-order chi connectivity index (χ0) is 13.4. The molecule has 0 heterocycles. The highest BCUT2D eigenvalue weighted by Crippen LogP contribution is 2.17. The second-order valence-corrected chi connectivity index (χ2v) is 4.89. The van der Waals surface area contributed by atoms with Crippen LogP contribution in [0.1, 0.15) is 6.42 Å². The van der Waals surface area contributed by atoms with Crippen LogP contribution in [-0.4, -0.2) is 44.6 Å². The Morgan fingerprint density at radius 2 is 2.21 bits per heavy atom. The minimum atomic E-state index is 0. The normalized spacial score (nSPS) is 9.63. The Kier molecular flexibility index (Phi) is 9.65. The van der Waals surface area contributed by atoms with Gasteiger partial charge < -0.3 is 15.0 Å². The van der Waals surface area contributed by atoms with Crippen molar-refractivity contribution >= 4 is 34.2 Å². The van der Waals surface area contributed by atoms with E-state index in [4.69, 9.17) is 4.74 Å². The van der Waals surface area contributed by atoms with E-state index in [0.29, 0.717) is 19.6 Å². The number of carbonyl (C=O) groups excluding carboxylic acids is 1. The molecule has 0 radical (unpaired) electrons. The first-order valence-corrected chi connectivity index (χ1v) is 6.69. The van der Waals surface area contributed by atoms with Gasteiger partial charge in [0.25, 0.3) is 0 Å². The maximum Gasteiger partial charge on any atom is 0.225 e. The molecule has 1 aromatic carbocycles. The topological polar surface area (TPSA) is 41.6 Å². The number of hydrogen-bond acceptors (Lipinski definition) is 3. The number of likely N-dealkylation sites (N-methyl/N-ethyl adjacent to an activating group) is 2. The Balaban J connectivity index is 0.00000324. The lowest BCUT2D eigenvalue weighted by atomic mass is 10.3. The molecule has 0 saturated heterocycles. The number of ether oxygens (including phenoxy) is 1. The molecule has 0 aliphatic rings. The molecule has 0 atom stereocenters. The van der Waals surface area contributed by atoms with Gasteiger partial charge >= 0.3 is 0 Å². The predicted molar refractivity (Wildman–Crippen MR) is 83.1 cm³/mol. The first-order valence-electron chi connectivity index (χ1n) is 5.90. The van der Waals surface area contributed by atoms with Crippen molar-refractivity contribution < 1.29 is 9.53 Å². The van der Waals surface area contributed by atoms with Crippen molar-refractivity contribution in [3.63, 3.8) is 0 Å². The standard InChI is InChI=1S/C13H19BrN2O2.ClH/c1-15-7-8-16(2)13(17)6-9-18-12-5-3-4-11(14)10-12;/h3-5,10,15H,6-9H2,1-2H3;1H. The van der Waals surface area contributed by atoms with E-state index in [1.165, 1.54) is 0 Å². The Hall–Kier alpha value is -0.780.